The number of nitro groups is 1. The van der Waals surface area contributed by atoms with E-state index in [0.29, 0.717) is 23.9 Å². The average molecular weight is 293 g/mol. The molecule has 1 aromatic heterocycles. The third-order valence-corrected chi connectivity index (χ3v) is 3.55. The van der Waals surface area contributed by atoms with E-state index in [1.165, 1.54) is 25.0 Å². The Morgan fingerprint density at radius 2 is 2.15 bits per heavy atom. The van der Waals surface area contributed by atoms with Crippen molar-refractivity contribution in [2.45, 2.75) is 25.4 Å². The lowest BCUT2D eigenvalue weighted by atomic mass is 10.1. The van der Waals surface area contributed by atoms with Gasteiger partial charge >= 0.3 is 0 Å². The summed E-state index contributed by atoms with van der Waals surface area (Å²) in [5.41, 5.74) is 0.539. The van der Waals surface area contributed by atoms with Crippen molar-refractivity contribution in [3.63, 3.8) is 0 Å². The van der Waals surface area contributed by atoms with Crippen LogP contribution in [0.2, 0.25) is 5.02 Å². The zero-order valence-corrected chi connectivity index (χ0v) is 11.4. The molecule has 0 aliphatic heterocycles. The maximum atomic E-state index is 10.9. The molecule has 5 nitrogen and oxygen atoms in total. The SMILES string of the molecule is O=[N+]([O-])c1cc(-c2ccc(CNC3CC3)o2)ccc1Cl. The van der Waals surface area contributed by atoms with Crippen LogP contribution in [0.1, 0.15) is 18.6 Å². The Morgan fingerprint density at radius 3 is 2.85 bits per heavy atom. The maximum absolute atomic E-state index is 10.9. The minimum Gasteiger partial charge on any atom is -0.460 e. The number of hydrogen-bond donors (Lipinski definition) is 1. The fourth-order valence-electron chi connectivity index (χ4n) is 1.97. The van der Waals surface area contributed by atoms with Crippen LogP contribution in [-0.2, 0) is 6.54 Å². The highest BCUT2D eigenvalue weighted by Gasteiger charge is 2.21. The highest BCUT2D eigenvalue weighted by Crippen LogP contribution is 2.31. The van der Waals surface area contributed by atoms with Crippen LogP contribution in [0.3, 0.4) is 0 Å². The van der Waals surface area contributed by atoms with Crippen molar-refractivity contribution in [2.24, 2.45) is 0 Å². The van der Waals surface area contributed by atoms with E-state index >= 15 is 0 Å². The molecule has 0 saturated heterocycles. The first-order chi connectivity index (χ1) is 9.63. The first-order valence-electron chi connectivity index (χ1n) is 6.40. The Balaban J connectivity index is 1.81. The molecule has 20 heavy (non-hydrogen) atoms. The van der Waals surface area contributed by atoms with Crippen molar-refractivity contribution in [2.75, 3.05) is 0 Å². The van der Waals surface area contributed by atoms with Crippen LogP contribution >= 0.6 is 11.6 Å². The third kappa shape index (κ3) is 2.84. The van der Waals surface area contributed by atoms with Crippen LogP contribution in [0.15, 0.2) is 34.7 Å². The first kappa shape index (κ1) is 13.1. The molecule has 1 aromatic carbocycles. The molecule has 3 rings (SSSR count). The molecule has 1 fully saturated rings. The van der Waals surface area contributed by atoms with Gasteiger partial charge in [0.1, 0.15) is 16.5 Å². The predicted octanol–water partition coefficient (Wildman–Crippen LogP) is 3.76. The van der Waals surface area contributed by atoms with Crippen molar-refractivity contribution in [3.8, 4) is 11.3 Å². The second-order valence-electron chi connectivity index (χ2n) is 4.84. The second-order valence-corrected chi connectivity index (χ2v) is 5.25. The van der Waals surface area contributed by atoms with Crippen LogP contribution in [0.25, 0.3) is 11.3 Å². The number of nitrogens with zero attached hydrogens (tertiary/aromatic N) is 1. The minimum atomic E-state index is -0.496. The van der Waals surface area contributed by atoms with Gasteiger partial charge in [-0.05, 0) is 37.1 Å². The molecule has 2 aromatic rings. The number of halogens is 1. The summed E-state index contributed by atoms with van der Waals surface area (Å²) in [6.07, 6.45) is 2.44. The summed E-state index contributed by atoms with van der Waals surface area (Å²) in [7, 11) is 0. The van der Waals surface area contributed by atoms with Gasteiger partial charge in [0.15, 0.2) is 0 Å². The molecular weight excluding hydrogens is 280 g/mol. The van der Waals surface area contributed by atoms with Crippen LogP contribution in [-0.4, -0.2) is 11.0 Å². The third-order valence-electron chi connectivity index (χ3n) is 3.23. The Morgan fingerprint density at radius 1 is 1.35 bits per heavy atom. The van der Waals surface area contributed by atoms with Crippen LogP contribution in [0, 0.1) is 10.1 Å². The van der Waals surface area contributed by atoms with Crippen molar-refractivity contribution in [1.82, 2.24) is 5.32 Å². The summed E-state index contributed by atoms with van der Waals surface area (Å²) < 4.78 is 5.69. The number of nitro benzene ring substituents is 1. The van der Waals surface area contributed by atoms with Gasteiger partial charge in [-0.1, -0.05) is 11.6 Å². The van der Waals surface area contributed by atoms with E-state index in [-0.39, 0.29) is 10.7 Å². The van der Waals surface area contributed by atoms with Gasteiger partial charge in [0.2, 0.25) is 0 Å². The first-order valence-corrected chi connectivity index (χ1v) is 6.77. The summed E-state index contributed by atoms with van der Waals surface area (Å²) in [5.74, 6) is 1.43. The molecule has 0 spiro atoms. The van der Waals surface area contributed by atoms with Gasteiger partial charge in [0.05, 0.1) is 11.5 Å². The van der Waals surface area contributed by atoms with Gasteiger partial charge in [-0.25, -0.2) is 0 Å². The van der Waals surface area contributed by atoms with Crippen LogP contribution in [0.5, 0.6) is 0 Å². The van der Waals surface area contributed by atoms with Crippen molar-refractivity contribution >= 4 is 17.3 Å². The lowest BCUT2D eigenvalue weighted by Crippen LogP contribution is -2.14. The quantitative estimate of drug-likeness (QED) is 0.673. The van der Waals surface area contributed by atoms with Gasteiger partial charge in [0.25, 0.3) is 5.69 Å². The number of nitrogens with one attached hydrogen (secondary N) is 1. The normalized spacial score (nSPS) is 14.4. The van der Waals surface area contributed by atoms with E-state index in [4.69, 9.17) is 16.0 Å². The summed E-state index contributed by atoms with van der Waals surface area (Å²) in [5, 5.41) is 14.4. The second kappa shape index (κ2) is 5.26. The highest BCUT2D eigenvalue weighted by molar-refractivity contribution is 6.32. The molecule has 1 N–H and O–H groups in total. The molecule has 0 atom stereocenters. The molecular formula is C14H13ClN2O3. The lowest BCUT2D eigenvalue weighted by Gasteiger charge is -2.01. The molecule has 0 unspecified atom stereocenters. The van der Waals surface area contributed by atoms with Crippen molar-refractivity contribution in [3.05, 3.63) is 51.2 Å². The monoisotopic (exact) mass is 292 g/mol. The zero-order valence-electron chi connectivity index (χ0n) is 10.6. The molecule has 1 aliphatic carbocycles. The lowest BCUT2D eigenvalue weighted by molar-refractivity contribution is -0.384. The van der Waals surface area contributed by atoms with E-state index in [1.807, 2.05) is 12.1 Å². The Labute approximate surface area is 120 Å². The van der Waals surface area contributed by atoms with E-state index < -0.39 is 4.92 Å². The molecule has 6 heteroatoms. The number of benzene rings is 1. The molecule has 1 saturated carbocycles. The standard InChI is InChI=1S/C14H13ClN2O3/c15-12-5-1-9(7-13(12)17(18)19)14-6-4-11(20-14)8-16-10-2-3-10/h1,4-7,10,16H,2-3,8H2. The van der Waals surface area contributed by atoms with Gasteiger partial charge in [-0.3, -0.25) is 10.1 Å². The summed E-state index contributed by atoms with van der Waals surface area (Å²) in [4.78, 5) is 10.4. The van der Waals surface area contributed by atoms with Crippen molar-refractivity contribution < 1.29 is 9.34 Å². The van der Waals surface area contributed by atoms with Gasteiger partial charge in [-0.15, -0.1) is 0 Å². The van der Waals surface area contributed by atoms with Crippen LogP contribution in [0.4, 0.5) is 5.69 Å². The maximum Gasteiger partial charge on any atom is 0.288 e. The molecule has 1 heterocycles. The summed E-state index contributed by atoms with van der Waals surface area (Å²) >= 11 is 5.79. The van der Waals surface area contributed by atoms with Gasteiger partial charge in [0, 0.05) is 17.7 Å². The summed E-state index contributed by atoms with van der Waals surface area (Å²) in [6.45, 7) is 0.681. The summed E-state index contributed by atoms with van der Waals surface area (Å²) in [6, 6.07) is 8.97. The van der Waals surface area contributed by atoms with Gasteiger partial charge in [-0.2, -0.15) is 0 Å². The Hall–Kier alpha value is -1.85. The van der Waals surface area contributed by atoms with E-state index in [9.17, 15) is 10.1 Å². The topological polar surface area (TPSA) is 68.3 Å². The minimum absolute atomic E-state index is 0.113. The number of furan rings is 1. The van der Waals surface area contributed by atoms with Crippen LogP contribution < -0.4 is 5.32 Å². The molecule has 104 valence electrons. The largest absolute Gasteiger partial charge is 0.460 e. The Kier molecular flexibility index (Phi) is 3.46. The molecule has 1 aliphatic rings. The Bertz CT molecular complexity index is 650. The van der Waals surface area contributed by atoms with Gasteiger partial charge < -0.3 is 9.73 Å². The van der Waals surface area contributed by atoms with E-state index in [0.717, 1.165) is 5.76 Å². The van der Waals surface area contributed by atoms with E-state index in [1.54, 1.807) is 6.07 Å². The van der Waals surface area contributed by atoms with E-state index in [2.05, 4.69) is 5.32 Å². The molecule has 0 bridgehead atoms. The number of rotatable bonds is 5. The highest BCUT2D eigenvalue weighted by atomic mass is 35.5. The molecule has 0 amide bonds. The average Bonchev–Trinajstić information content (AvgIpc) is 3.14. The predicted molar refractivity (Wildman–Crippen MR) is 75.7 cm³/mol. The molecule has 0 radical (unpaired) electrons. The van der Waals surface area contributed by atoms with Crippen molar-refractivity contribution in [1.29, 1.82) is 0 Å². The fraction of sp³-hybridized carbons (Fsp3) is 0.286. The zero-order chi connectivity index (χ0) is 14.1. The smallest absolute Gasteiger partial charge is 0.288 e. The number of hydrogen-bond acceptors (Lipinski definition) is 4. The fourth-order valence-corrected chi connectivity index (χ4v) is 2.15.